The first-order valence-electron chi connectivity index (χ1n) is 2.93. The highest BCUT2D eigenvalue weighted by Gasteiger charge is 2.00. The van der Waals surface area contributed by atoms with Gasteiger partial charge in [-0.1, -0.05) is 22.9 Å². The van der Waals surface area contributed by atoms with E-state index in [0.717, 1.165) is 10.2 Å². The smallest absolute Gasteiger partial charge is 0.181 e. The van der Waals surface area contributed by atoms with E-state index >= 15 is 0 Å². The molecule has 0 unspecified atom stereocenters. The van der Waals surface area contributed by atoms with Crippen molar-refractivity contribution in [2.75, 3.05) is 5.73 Å². The predicted molar refractivity (Wildman–Crippen MR) is 46.8 cm³/mol. The van der Waals surface area contributed by atoms with Gasteiger partial charge in [-0.2, -0.15) is 0 Å². The summed E-state index contributed by atoms with van der Waals surface area (Å²) >= 11 is 7.05. The molecule has 0 amide bonds. The number of pyridine rings is 1. The lowest BCUT2D eigenvalue weighted by atomic mass is 10.4. The zero-order chi connectivity index (χ0) is 7.84. The van der Waals surface area contributed by atoms with Crippen molar-refractivity contribution in [2.24, 2.45) is 0 Å². The Kier molecular flexibility index (Phi) is 1.44. The molecule has 0 fully saturated rings. The zero-order valence-electron chi connectivity index (χ0n) is 5.41. The van der Waals surface area contributed by atoms with Gasteiger partial charge in [0.25, 0.3) is 0 Å². The molecule has 11 heavy (non-hydrogen) atoms. The molecule has 0 radical (unpaired) electrons. The van der Waals surface area contributed by atoms with Crippen LogP contribution in [-0.4, -0.2) is 9.97 Å². The average Bonchev–Trinajstić information content (AvgIpc) is 2.27. The molecule has 5 heteroatoms. The van der Waals surface area contributed by atoms with Gasteiger partial charge in [-0.25, -0.2) is 9.97 Å². The summed E-state index contributed by atoms with van der Waals surface area (Å²) < 4.78 is 0.965. The first-order valence-corrected chi connectivity index (χ1v) is 4.13. The summed E-state index contributed by atoms with van der Waals surface area (Å²) in [7, 11) is 0. The Morgan fingerprint density at radius 1 is 1.55 bits per heavy atom. The first-order chi connectivity index (χ1) is 5.25. The molecule has 0 spiro atoms. The van der Waals surface area contributed by atoms with Crippen molar-refractivity contribution in [3.63, 3.8) is 0 Å². The van der Waals surface area contributed by atoms with Crippen LogP contribution in [0.5, 0.6) is 0 Å². The molecule has 0 aliphatic heterocycles. The van der Waals surface area contributed by atoms with Crippen LogP contribution >= 0.6 is 22.9 Å². The van der Waals surface area contributed by atoms with Gasteiger partial charge < -0.3 is 5.73 Å². The fraction of sp³-hybridized carbons (Fsp3) is 0. The first kappa shape index (κ1) is 6.82. The Morgan fingerprint density at radius 2 is 2.36 bits per heavy atom. The lowest BCUT2D eigenvalue weighted by Crippen LogP contribution is -1.79. The van der Waals surface area contributed by atoms with E-state index in [2.05, 4.69) is 9.97 Å². The topological polar surface area (TPSA) is 51.8 Å². The molecule has 2 rings (SSSR count). The van der Waals surface area contributed by atoms with Crippen LogP contribution in [0.15, 0.2) is 12.3 Å². The molecule has 0 saturated heterocycles. The third-order valence-corrected chi connectivity index (χ3v) is 2.30. The van der Waals surface area contributed by atoms with E-state index in [1.807, 2.05) is 0 Å². The van der Waals surface area contributed by atoms with Gasteiger partial charge in [-0.15, -0.1) is 0 Å². The van der Waals surface area contributed by atoms with Gasteiger partial charge in [0.05, 0.1) is 10.2 Å². The van der Waals surface area contributed by atoms with Crippen molar-refractivity contribution in [2.45, 2.75) is 0 Å². The van der Waals surface area contributed by atoms with Crippen LogP contribution in [0.2, 0.25) is 5.15 Å². The van der Waals surface area contributed by atoms with E-state index in [1.54, 1.807) is 12.3 Å². The molecule has 0 atom stereocenters. The monoisotopic (exact) mass is 185 g/mol. The number of anilines is 1. The van der Waals surface area contributed by atoms with E-state index in [-0.39, 0.29) is 0 Å². The van der Waals surface area contributed by atoms with Gasteiger partial charge in [-0.05, 0) is 0 Å². The number of hydrogen-bond acceptors (Lipinski definition) is 4. The molecule has 56 valence electrons. The summed E-state index contributed by atoms with van der Waals surface area (Å²) in [5, 5.41) is 0.992. The molecular formula is C6H4ClN3S. The predicted octanol–water partition coefficient (Wildman–Crippen LogP) is 1.93. The lowest BCUT2D eigenvalue weighted by Gasteiger charge is -1.85. The van der Waals surface area contributed by atoms with Crippen molar-refractivity contribution in [3.05, 3.63) is 17.4 Å². The fourth-order valence-corrected chi connectivity index (χ4v) is 1.66. The molecule has 0 bridgehead atoms. The van der Waals surface area contributed by atoms with E-state index in [9.17, 15) is 0 Å². The number of fused-ring (bicyclic) bond motifs is 1. The average molecular weight is 186 g/mol. The Bertz CT molecular complexity index is 398. The molecular weight excluding hydrogens is 182 g/mol. The maximum absolute atomic E-state index is 5.64. The minimum atomic E-state index is 0.447. The fourth-order valence-electron chi connectivity index (χ4n) is 0.828. The number of hydrogen-bond donors (Lipinski definition) is 1. The van der Waals surface area contributed by atoms with Crippen LogP contribution in [0.1, 0.15) is 0 Å². The number of nitrogens with zero attached hydrogens (tertiary/aromatic N) is 2. The highest BCUT2D eigenvalue weighted by atomic mass is 35.5. The highest BCUT2D eigenvalue weighted by molar-refractivity contribution is 7.22. The highest BCUT2D eigenvalue weighted by Crippen LogP contribution is 2.23. The van der Waals surface area contributed by atoms with Crippen LogP contribution in [-0.2, 0) is 0 Å². The van der Waals surface area contributed by atoms with Crippen molar-refractivity contribution >= 4 is 38.3 Å². The van der Waals surface area contributed by atoms with Gasteiger partial charge in [0.15, 0.2) is 5.13 Å². The second-order valence-corrected chi connectivity index (χ2v) is 3.48. The second kappa shape index (κ2) is 2.32. The third-order valence-electron chi connectivity index (χ3n) is 1.26. The quantitative estimate of drug-likeness (QED) is 0.638. The third kappa shape index (κ3) is 1.15. The standard InChI is InChI=1S/C6H4ClN3S/c7-5-1-3-4(2-9-5)11-6(8)10-3/h1-2H,(H2,8,10). The summed E-state index contributed by atoms with van der Waals surface area (Å²) in [4.78, 5) is 7.95. The van der Waals surface area contributed by atoms with Crippen LogP contribution in [0.25, 0.3) is 10.2 Å². The summed E-state index contributed by atoms with van der Waals surface area (Å²) in [5.74, 6) is 0. The van der Waals surface area contributed by atoms with E-state index in [1.165, 1.54) is 11.3 Å². The summed E-state index contributed by atoms with van der Waals surface area (Å²) in [6.07, 6.45) is 1.67. The molecule has 0 aliphatic rings. The summed E-state index contributed by atoms with van der Waals surface area (Å²) in [5.41, 5.74) is 6.29. The zero-order valence-corrected chi connectivity index (χ0v) is 6.99. The molecule has 2 heterocycles. The molecule has 3 nitrogen and oxygen atoms in total. The Labute approximate surface area is 71.8 Å². The van der Waals surface area contributed by atoms with Gasteiger partial charge in [0.2, 0.25) is 0 Å². The maximum Gasteiger partial charge on any atom is 0.181 e. The molecule has 2 aromatic heterocycles. The Morgan fingerprint density at radius 3 is 3.18 bits per heavy atom. The SMILES string of the molecule is Nc1nc2cc(Cl)ncc2s1. The molecule has 2 aromatic rings. The Hall–Kier alpha value is -0.870. The summed E-state index contributed by atoms with van der Waals surface area (Å²) in [6.45, 7) is 0. The van der Waals surface area contributed by atoms with Gasteiger partial charge in [0.1, 0.15) is 5.15 Å². The van der Waals surface area contributed by atoms with Crippen LogP contribution in [0.4, 0.5) is 5.13 Å². The molecule has 0 aromatic carbocycles. The molecule has 2 N–H and O–H groups in total. The second-order valence-electron chi connectivity index (χ2n) is 2.03. The van der Waals surface area contributed by atoms with Crippen molar-refractivity contribution in [1.29, 1.82) is 0 Å². The van der Waals surface area contributed by atoms with Gasteiger partial charge in [0, 0.05) is 12.3 Å². The van der Waals surface area contributed by atoms with E-state index in [4.69, 9.17) is 17.3 Å². The van der Waals surface area contributed by atoms with Crippen LogP contribution < -0.4 is 5.73 Å². The van der Waals surface area contributed by atoms with Gasteiger partial charge >= 0.3 is 0 Å². The van der Waals surface area contributed by atoms with Crippen LogP contribution in [0, 0.1) is 0 Å². The van der Waals surface area contributed by atoms with Crippen molar-refractivity contribution in [3.8, 4) is 0 Å². The summed E-state index contributed by atoms with van der Waals surface area (Å²) in [6, 6.07) is 1.70. The minimum absolute atomic E-state index is 0.447. The minimum Gasteiger partial charge on any atom is -0.375 e. The number of halogens is 1. The number of nitrogens with two attached hydrogens (primary N) is 1. The van der Waals surface area contributed by atoms with E-state index in [0.29, 0.717) is 10.3 Å². The van der Waals surface area contributed by atoms with Gasteiger partial charge in [-0.3, -0.25) is 0 Å². The van der Waals surface area contributed by atoms with E-state index < -0.39 is 0 Å². The normalized spacial score (nSPS) is 10.6. The molecule has 0 aliphatic carbocycles. The molecule has 0 saturated carbocycles. The van der Waals surface area contributed by atoms with Crippen LogP contribution in [0.3, 0.4) is 0 Å². The van der Waals surface area contributed by atoms with Crippen molar-refractivity contribution < 1.29 is 0 Å². The lowest BCUT2D eigenvalue weighted by molar-refractivity contribution is 1.36. The van der Waals surface area contributed by atoms with Crippen molar-refractivity contribution in [1.82, 2.24) is 9.97 Å². The number of rotatable bonds is 0. The largest absolute Gasteiger partial charge is 0.375 e. The Balaban J connectivity index is 2.82. The number of thiazole rings is 1. The number of aromatic nitrogens is 2. The number of nitrogen functional groups attached to an aromatic ring is 1. The maximum atomic E-state index is 5.64.